The number of nitro benzene ring substituents is 1. The lowest BCUT2D eigenvalue weighted by Gasteiger charge is -2.13. The highest BCUT2D eigenvalue weighted by Crippen LogP contribution is 2.38. The van der Waals surface area contributed by atoms with E-state index in [1.54, 1.807) is 42.5 Å². The number of imide groups is 1. The van der Waals surface area contributed by atoms with Crippen LogP contribution in [0.5, 0.6) is 5.75 Å². The molecule has 1 saturated heterocycles. The number of hydrogen-bond donors (Lipinski definition) is 0. The van der Waals surface area contributed by atoms with Crippen LogP contribution in [0, 0.1) is 10.1 Å². The summed E-state index contributed by atoms with van der Waals surface area (Å²) in [5.74, 6) is -0.111. The summed E-state index contributed by atoms with van der Waals surface area (Å²) in [5, 5.41) is 11.8. The summed E-state index contributed by atoms with van der Waals surface area (Å²) >= 11 is 22.8. The largest absolute Gasteiger partial charge is 0.486 e. The van der Waals surface area contributed by atoms with Gasteiger partial charge in [0, 0.05) is 27.7 Å². The fourth-order valence-corrected chi connectivity index (χ4v) is 5.62. The van der Waals surface area contributed by atoms with E-state index in [1.807, 2.05) is 0 Å². The maximum Gasteiger partial charge on any atom is 0.293 e. The summed E-state index contributed by atoms with van der Waals surface area (Å²) in [6.07, 6.45) is 1.55. The Bertz CT molecular complexity index is 1410. The van der Waals surface area contributed by atoms with Crippen LogP contribution in [-0.4, -0.2) is 21.0 Å². The Labute approximate surface area is 233 Å². The molecule has 0 bridgehead atoms. The van der Waals surface area contributed by atoms with Gasteiger partial charge < -0.3 is 4.74 Å². The zero-order valence-electron chi connectivity index (χ0n) is 18.0. The van der Waals surface area contributed by atoms with Crippen LogP contribution in [0.15, 0.2) is 64.0 Å². The monoisotopic (exact) mass is 626 g/mol. The predicted molar refractivity (Wildman–Crippen MR) is 145 cm³/mol. The first-order chi connectivity index (χ1) is 17.1. The summed E-state index contributed by atoms with van der Waals surface area (Å²) < 4.78 is 6.38. The van der Waals surface area contributed by atoms with Crippen molar-refractivity contribution >= 4 is 85.4 Å². The van der Waals surface area contributed by atoms with Crippen molar-refractivity contribution in [1.82, 2.24) is 4.90 Å². The lowest BCUT2D eigenvalue weighted by Crippen LogP contribution is -2.27. The van der Waals surface area contributed by atoms with Gasteiger partial charge in [-0.25, -0.2) is 0 Å². The number of nitro groups is 1. The standard InChI is InChI=1S/C24H14BrCl3N2O5S/c25-18-7-14(8-20(28)22(18)35-12-15-4-5-16(26)10-19(15)27)9-21-23(31)29(24(32)36-21)11-13-2-1-3-17(6-13)30(33)34/h1-10H,11-12H2/b21-9+. The Kier molecular flexibility index (Phi) is 8.27. The van der Waals surface area contributed by atoms with Crippen molar-refractivity contribution in [2.45, 2.75) is 13.2 Å². The molecule has 0 aromatic heterocycles. The topological polar surface area (TPSA) is 89.8 Å². The average Bonchev–Trinajstić information content (AvgIpc) is 3.07. The molecular formula is C24H14BrCl3N2O5S. The molecule has 184 valence electrons. The van der Waals surface area contributed by atoms with E-state index in [0.29, 0.717) is 31.4 Å². The number of halogens is 4. The van der Waals surface area contributed by atoms with Crippen molar-refractivity contribution in [2.75, 3.05) is 0 Å². The fourth-order valence-electron chi connectivity index (χ4n) is 3.33. The first-order valence-corrected chi connectivity index (χ1v) is 12.9. The molecule has 0 spiro atoms. The molecule has 7 nitrogen and oxygen atoms in total. The highest BCUT2D eigenvalue weighted by Gasteiger charge is 2.35. The van der Waals surface area contributed by atoms with Crippen LogP contribution in [0.1, 0.15) is 16.7 Å². The lowest BCUT2D eigenvalue weighted by atomic mass is 10.1. The molecule has 1 aliphatic rings. The number of carbonyl (C=O) groups is 2. The van der Waals surface area contributed by atoms with E-state index in [9.17, 15) is 19.7 Å². The van der Waals surface area contributed by atoms with E-state index >= 15 is 0 Å². The zero-order valence-corrected chi connectivity index (χ0v) is 22.7. The van der Waals surface area contributed by atoms with Crippen LogP contribution in [-0.2, 0) is 17.9 Å². The molecule has 3 aromatic rings. The van der Waals surface area contributed by atoms with Gasteiger partial charge in [0.1, 0.15) is 6.61 Å². The Morgan fingerprint density at radius 1 is 1.06 bits per heavy atom. The van der Waals surface area contributed by atoms with E-state index in [4.69, 9.17) is 39.5 Å². The van der Waals surface area contributed by atoms with Crippen molar-refractivity contribution in [3.8, 4) is 5.75 Å². The van der Waals surface area contributed by atoms with Gasteiger partial charge in [-0.15, -0.1) is 0 Å². The minimum Gasteiger partial charge on any atom is -0.486 e. The molecule has 0 unspecified atom stereocenters. The van der Waals surface area contributed by atoms with Crippen LogP contribution < -0.4 is 4.74 Å². The maximum absolute atomic E-state index is 12.9. The quantitative estimate of drug-likeness (QED) is 0.149. The van der Waals surface area contributed by atoms with Gasteiger partial charge in [0.05, 0.1) is 25.9 Å². The molecule has 4 rings (SSSR count). The van der Waals surface area contributed by atoms with E-state index < -0.39 is 16.1 Å². The number of carbonyl (C=O) groups excluding carboxylic acids is 2. The number of thioether (sulfide) groups is 1. The number of rotatable bonds is 7. The van der Waals surface area contributed by atoms with Gasteiger partial charge in [0.15, 0.2) is 5.75 Å². The molecule has 0 radical (unpaired) electrons. The zero-order chi connectivity index (χ0) is 26.0. The van der Waals surface area contributed by atoms with Crippen LogP contribution in [0.25, 0.3) is 6.08 Å². The number of benzene rings is 3. The Morgan fingerprint density at radius 3 is 2.53 bits per heavy atom. The number of hydrogen-bond acceptors (Lipinski definition) is 6. The molecule has 0 saturated carbocycles. The van der Waals surface area contributed by atoms with Crippen molar-refractivity contribution in [1.29, 1.82) is 0 Å². The van der Waals surface area contributed by atoms with Gasteiger partial charge in [-0.2, -0.15) is 0 Å². The van der Waals surface area contributed by atoms with Gasteiger partial charge in [0.25, 0.3) is 16.8 Å². The van der Waals surface area contributed by atoms with E-state index in [-0.39, 0.29) is 28.8 Å². The minimum absolute atomic E-state index is 0.0752. The second-order valence-corrected chi connectivity index (χ2v) is 10.6. The second kappa shape index (κ2) is 11.2. The first-order valence-electron chi connectivity index (χ1n) is 10.2. The molecule has 2 amide bonds. The highest BCUT2D eigenvalue weighted by molar-refractivity contribution is 9.10. The van der Waals surface area contributed by atoms with E-state index in [1.165, 1.54) is 18.2 Å². The van der Waals surface area contributed by atoms with Crippen molar-refractivity contribution < 1.29 is 19.2 Å². The van der Waals surface area contributed by atoms with Gasteiger partial charge in [-0.3, -0.25) is 24.6 Å². The highest BCUT2D eigenvalue weighted by atomic mass is 79.9. The molecule has 1 heterocycles. The van der Waals surface area contributed by atoms with E-state index in [0.717, 1.165) is 22.2 Å². The molecule has 1 aliphatic heterocycles. The number of ether oxygens (including phenoxy) is 1. The molecule has 0 N–H and O–H groups in total. The number of non-ortho nitro benzene ring substituents is 1. The Morgan fingerprint density at radius 2 is 1.83 bits per heavy atom. The van der Waals surface area contributed by atoms with Gasteiger partial charge in [-0.1, -0.05) is 53.0 Å². The van der Waals surface area contributed by atoms with E-state index in [2.05, 4.69) is 15.9 Å². The fraction of sp³-hybridized carbons (Fsp3) is 0.0833. The normalized spacial score (nSPS) is 14.6. The SMILES string of the molecule is O=C1S/C(=C/c2cc(Cl)c(OCc3ccc(Cl)cc3Cl)c(Br)c2)C(=O)N1Cc1cccc([N+](=O)[O-])c1. The van der Waals surface area contributed by atoms with Crippen LogP contribution >= 0.6 is 62.5 Å². The maximum atomic E-state index is 12.9. The third-order valence-electron chi connectivity index (χ3n) is 5.04. The molecule has 36 heavy (non-hydrogen) atoms. The van der Waals surface area contributed by atoms with Gasteiger partial charge in [0.2, 0.25) is 0 Å². The summed E-state index contributed by atoms with van der Waals surface area (Å²) in [7, 11) is 0. The molecule has 0 aliphatic carbocycles. The molecular weight excluding hydrogens is 615 g/mol. The second-order valence-electron chi connectivity index (χ2n) is 7.53. The third-order valence-corrected chi connectivity index (χ3v) is 7.41. The molecule has 12 heteroatoms. The van der Waals surface area contributed by atoms with Crippen LogP contribution in [0.4, 0.5) is 10.5 Å². The third kappa shape index (κ3) is 6.04. The van der Waals surface area contributed by atoms with Gasteiger partial charge in [-0.05, 0) is 69.2 Å². The summed E-state index contributed by atoms with van der Waals surface area (Å²) in [5.41, 5.74) is 1.66. The molecule has 3 aromatic carbocycles. The number of nitrogens with zero attached hydrogens (tertiary/aromatic N) is 2. The summed E-state index contributed by atoms with van der Waals surface area (Å²) in [6.45, 7) is 0.0817. The predicted octanol–water partition coefficient (Wildman–Crippen LogP) is 8.13. The Balaban J connectivity index is 1.50. The summed E-state index contributed by atoms with van der Waals surface area (Å²) in [6, 6.07) is 14.2. The number of amides is 2. The smallest absolute Gasteiger partial charge is 0.293 e. The molecule has 1 fully saturated rings. The molecule has 0 atom stereocenters. The average molecular weight is 629 g/mol. The van der Waals surface area contributed by atoms with Crippen molar-refractivity contribution in [3.63, 3.8) is 0 Å². The minimum atomic E-state index is -0.532. The Hall–Kier alpha value is -2.56. The van der Waals surface area contributed by atoms with Crippen molar-refractivity contribution in [2.24, 2.45) is 0 Å². The van der Waals surface area contributed by atoms with Gasteiger partial charge >= 0.3 is 0 Å². The first kappa shape index (κ1) is 26.5. The lowest BCUT2D eigenvalue weighted by molar-refractivity contribution is -0.384. The summed E-state index contributed by atoms with van der Waals surface area (Å²) in [4.78, 5) is 37.1. The van der Waals surface area contributed by atoms with Crippen LogP contribution in [0.2, 0.25) is 15.1 Å². The van der Waals surface area contributed by atoms with Crippen LogP contribution in [0.3, 0.4) is 0 Å². The van der Waals surface area contributed by atoms with Crippen molar-refractivity contribution in [3.05, 3.63) is 106 Å².